The van der Waals surface area contributed by atoms with Crippen LogP contribution in [-0.2, 0) is 11.3 Å². The first-order valence-corrected chi connectivity index (χ1v) is 8.69. The first-order valence-electron chi connectivity index (χ1n) is 7.49. The average Bonchev–Trinajstić information content (AvgIpc) is 2.98. The summed E-state index contributed by atoms with van der Waals surface area (Å²) in [6, 6.07) is 7.20. The SMILES string of the molecule is COc1cc(NC(=O)CN(C)Cc2ccc(Cl)s2)cc(OC)c1OC. The monoisotopic (exact) mass is 384 g/mol. The first kappa shape index (κ1) is 19.4. The highest BCUT2D eigenvalue weighted by Crippen LogP contribution is 2.39. The molecular formula is C17H21ClN2O4S. The van der Waals surface area contributed by atoms with Crippen molar-refractivity contribution in [2.45, 2.75) is 6.54 Å². The number of halogens is 1. The van der Waals surface area contributed by atoms with Gasteiger partial charge in [-0.25, -0.2) is 0 Å². The molecule has 0 aliphatic rings. The molecule has 136 valence electrons. The van der Waals surface area contributed by atoms with Crippen LogP contribution >= 0.6 is 22.9 Å². The lowest BCUT2D eigenvalue weighted by molar-refractivity contribution is -0.117. The maximum absolute atomic E-state index is 12.3. The number of thiophene rings is 1. The first-order chi connectivity index (χ1) is 12.0. The van der Waals surface area contributed by atoms with E-state index in [2.05, 4.69) is 5.32 Å². The fourth-order valence-corrected chi connectivity index (χ4v) is 3.53. The zero-order valence-electron chi connectivity index (χ0n) is 14.6. The minimum Gasteiger partial charge on any atom is -0.493 e. The average molecular weight is 385 g/mol. The number of amides is 1. The van der Waals surface area contributed by atoms with Crippen LogP contribution in [0.2, 0.25) is 4.34 Å². The second kappa shape index (κ2) is 8.94. The normalized spacial score (nSPS) is 10.6. The Bertz CT molecular complexity index is 710. The lowest BCUT2D eigenvalue weighted by atomic mass is 10.2. The zero-order valence-corrected chi connectivity index (χ0v) is 16.2. The van der Waals surface area contributed by atoms with Crippen molar-refractivity contribution in [2.24, 2.45) is 0 Å². The van der Waals surface area contributed by atoms with E-state index in [-0.39, 0.29) is 12.5 Å². The number of hydrogen-bond acceptors (Lipinski definition) is 6. The van der Waals surface area contributed by atoms with Gasteiger partial charge in [0.2, 0.25) is 11.7 Å². The lowest BCUT2D eigenvalue weighted by Crippen LogP contribution is -2.29. The molecule has 0 aliphatic carbocycles. The van der Waals surface area contributed by atoms with Crippen LogP contribution in [0.1, 0.15) is 4.88 Å². The third-order valence-electron chi connectivity index (χ3n) is 3.42. The van der Waals surface area contributed by atoms with Crippen LogP contribution in [0.4, 0.5) is 5.69 Å². The Morgan fingerprint density at radius 3 is 2.28 bits per heavy atom. The second-order valence-corrected chi connectivity index (χ2v) is 7.14. The molecule has 1 heterocycles. The van der Waals surface area contributed by atoms with Crippen LogP contribution in [0.5, 0.6) is 17.2 Å². The highest BCUT2D eigenvalue weighted by molar-refractivity contribution is 7.16. The summed E-state index contributed by atoms with van der Waals surface area (Å²) in [7, 11) is 6.47. The van der Waals surface area contributed by atoms with E-state index in [0.29, 0.717) is 29.5 Å². The molecule has 0 atom stereocenters. The van der Waals surface area contributed by atoms with Crippen molar-refractivity contribution < 1.29 is 19.0 Å². The molecule has 1 aromatic heterocycles. The van der Waals surface area contributed by atoms with Crippen molar-refractivity contribution in [2.75, 3.05) is 40.2 Å². The quantitative estimate of drug-likeness (QED) is 0.754. The summed E-state index contributed by atoms with van der Waals surface area (Å²) in [6.07, 6.45) is 0. The van der Waals surface area contributed by atoms with Crippen LogP contribution in [0, 0.1) is 0 Å². The van der Waals surface area contributed by atoms with Crippen molar-refractivity contribution in [3.05, 3.63) is 33.5 Å². The summed E-state index contributed by atoms with van der Waals surface area (Å²) >= 11 is 7.43. The molecule has 1 N–H and O–H groups in total. The van der Waals surface area contributed by atoms with Gasteiger partial charge in [-0.2, -0.15) is 0 Å². The summed E-state index contributed by atoms with van der Waals surface area (Å²) in [5.74, 6) is 1.31. The number of carbonyl (C=O) groups is 1. The highest BCUT2D eigenvalue weighted by atomic mass is 35.5. The van der Waals surface area contributed by atoms with Gasteiger partial charge in [-0.1, -0.05) is 11.6 Å². The fraction of sp³-hybridized carbons (Fsp3) is 0.353. The smallest absolute Gasteiger partial charge is 0.238 e. The molecule has 6 nitrogen and oxygen atoms in total. The molecule has 0 saturated heterocycles. The molecule has 0 aliphatic heterocycles. The number of nitrogens with one attached hydrogen (secondary N) is 1. The topological polar surface area (TPSA) is 60.0 Å². The van der Waals surface area contributed by atoms with Crippen molar-refractivity contribution >= 4 is 34.5 Å². The number of carbonyl (C=O) groups excluding carboxylic acids is 1. The van der Waals surface area contributed by atoms with E-state index >= 15 is 0 Å². The molecule has 0 saturated carbocycles. The Balaban J connectivity index is 2.02. The number of likely N-dealkylation sites (N-methyl/N-ethyl adjacent to an activating group) is 1. The summed E-state index contributed by atoms with van der Waals surface area (Å²) in [5.41, 5.74) is 0.576. The number of rotatable bonds is 8. The Morgan fingerprint density at radius 2 is 1.80 bits per heavy atom. The van der Waals surface area contributed by atoms with Gasteiger partial charge in [0.05, 0.1) is 32.2 Å². The molecule has 0 bridgehead atoms. The van der Waals surface area contributed by atoms with Crippen LogP contribution in [0.3, 0.4) is 0 Å². The van der Waals surface area contributed by atoms with Gasteiger partial charge >= 0.3 is 0 Å². The van der Waals surface area contributed by atoms with Crippen molar-refractivity contribution in [3.8, 4) is 17.2 Å². The standard InChI is InChI=1S/C17H21ClN2O4S/c1-20(9-12-5-6-15(18)25-12)10-16(21)19-11-7-13(22-2)17(24-4)14(8-11)23-3/h5-8H,9-10H2,1-4H3,(H,19,21). The van der Waals surface area contributed by atoms with Gasteiger partial charge in [-0.3, -0.25) is 9.69 Å². The second-order valence-electron chi connectivity index (χ2n) is 5.34. The fourth-order valence-electron chi connectivity index (χ4n) is 2.36. The van der Waals surface area contributed by atoms with E-state index in [1.54, 1.807) is 12.1 Å². The van der Waals surface area contributed by atoms with E-state index in [1.165, 1.54) is 32.7 Å². The summed E-state index contributed by atoms with van der Waals surface area (Å²) < 4.78 is 16.6. The van der Waals surface area contributed by atoms with Gasteiger partial charge in [-0.15, -0.1) is 11.3 Å². The number of benzene rings is 1. The van der Waals surface area contributed by atoms with Crippen molar-refractivity contribution in [3.63, 3.8) is 0 Å². The molecule has 2 rings (SSSR count). The predicted octanol–water partition coefficient (Wildman–Crippen LogP) is 3.50. The molecule has 1 aromatic carbocycles. The van der Waals surface area contributed by atoms with Gasteiger partial charge in [0, 0.05) is 29.2 Å². The number of nitrogens with zero attached hydrogens (tertiary/aromatic N) is 1. The Labute approximate surface area is 156 Å². The number of hydrogen-bond donors (Lipinski definition) is 1. The summed E-state index contributed by atoms with van der Waals surface area (Å²) in [6.45, 7) is 0.895. The predicted molar refractivity (Wildman–Crippen MR) is 100 cm³/mol. The molecule has 0 spiro atoms. The molecule has 1 amide bonds. The molecule has 25 heavy (non-hydrogen) atoms. The molecule has 0 unspecified atom stereocenters. The zero-order chi connectivity index (χ0) is 18.4. The Hall–Kier alpha value is -1.96. The van der Waals surface area contributed by atoms with Gasteiger partial charge in [0.15, 0.2) is 11.5 Å². The lowest BCUT2D eigenvalue weighted by Gasteiger charge is -2.17. The van der Waals surface area contributed by atoms with E-state index in [9.17, 15) is 4.79 Å². The van der Waals surface area contributed by atoms with Crippen LogP contribution in [0.15, 0.2) is 24.3 Å². The molecule has 0 fully saturated rings. The van der Waals surface area contributed by atoms with Gasteiger partial charge in [0.25, 0.3) is 0 Å². The summed E-state index contributed by atoms with van der Waals surface area (Å²) in [4.78, 5) is 15.3. The van der Waals surface area contributed by atoms with Crippen molar-refractivity contribution in [1.82, 2.24) is 4.90 Å². The maximum Gasteiger partial charge on any atom is 0.238 e. The molecule has 0 radical (unpaired) electrons. The Kier molecular flexibility index (Phi) is 6.92. The van der Waals surface area contributed by atoms with E-state index in [4.69, 9.17) is 25.8 Å². The van der Waals surface area contributed by atoms with E-state index in [1.807, 2.05) is 24.1 Å². The maximum atomic E-state index is 12.3. The van der Waals surface area contributed by atoms with Gasteiger partial charge < -0.3 is 19.5 Å². The van der Waals surface area contributed by atoms with Crippen LogP contribution in [-0.4, -0.2) is 45.7 Å². The number of anilines is 1. The highest BCUT2D eigenvalue weighted by Gasteiger charge is 2.15. The minimum atomic E-state index is -0.139. The van der Waals surface area contributed by atoms with E-state index < -0.39 is 0 Å². The molecule has 8 heteroatoms. The van der Waals surface area contributed by atoms with Gasteiger partial charge in [0.1, 0.15) is 0 Å². The minimum absolute atomic E-state index is 0.139. The third-order valence-corrected chi connectivity index (χ3v) is 4.63. The number of ether oxygens (including phenoxy) is 3. The van der Waals surface area contributed by atoms with Crippen molar-refractivity contribution in [1.29, 1.82) is 0 Å². The number of methoxy groups -OCH3 is 3. The molecular weight excluding hydrogens is 364 g/mol. The summed E-state index contributed by atoms with van der Waals surface area (Å²) in [5, 5.41) is 2.85. The van der Waals surface area contributed by atoms with Crippen LogP contribution < -0.4 is 19.5 Å². The largest absolute Gasteiger partial charge is 0.493 e. The molecule has 2 aromatic rings. The third kappa shape index (κ3) is 5.26. The van der Waals surface area contributed by atoms with Gasteiger partial charge in [-0.05, 0) is 19.2 Å². The van der Waals surface area contributed by atoms with E-state index in [0.717, 1.165) is 9.21 Å². The van der Waals surface area contributed by atoms with Crippen LogP contribution in [0.25, 0.3) is 0 Å². The Morgan fingerprint density at radius 1 is 1.16 bits per heavy atom.